The Morgan fingerprint density at radius 2 is 1.95 bits per heavy atom. The second-order valence-electron chi connectivity index (χ2n) is 5.44. The highest BCUT2D eigenvalue weighted by Gasteiger charge is 2.22. The van der Waals surface area contributed by atoms with E-state index < -0.39 is 0 Å². The molecule has 0 unspecified atom stereocenters. The molecule has 2 aromatic rings. The number of para-hydroxylation sites is 2. The fourth-order valence-corrected chi connectivity index (χ4v) is 2.84. The summed E-state index contributed by atoms with van der Waals surface area (Å²) in [4.78, 5) is 30.4. The van der Waals surface area contributed by atoms with Crippen molar-refractivity contribution in [2.45, 2.75) is 25.8 Å². The lowest BCUT2D eigenvalue weighted by atomic mass is 10.3. The van der Waals surface area contributed by atoms with Crippen LogP contribution in [0.25, 0.3) is 11.0 Å². The van der Waals surface area contributed by atoms with E-state index in [2.05, 4.69) is 4.98 Å². The van der Waals surface area contributed by atoms with Crippen LogP contribution in [0.4, 0.5) is 0 Å². The number of hydrogen-bond donors (Lipinski definition) is 0. The first-order valence-electron chi connectivity index (χ1n) is 7.48. The molecule has 0 aliphatic carbocycles. The van der Waals surface area contributed by atoms with Gasteiger partial charge in [0.1, 0.15) is 12.4 Å². The van der Waals surface area contributed by atoms with Gasteiger partial charge < -0.3 is 14.2 Å². The van der Waals surface area contributed by atoms with E-state index in [1.165, 1.54) is 7.11 Å². The van der Waals surface area contributed by atoms with Crippen molar-refractivity contribution in [2.24, 2.45) is 0 Å². The highest BCUT2D eigenvalue weighted by molar-refractivity contribution is 5.82. The summed E-state index contributed by atoms with van der Waals surface area (Å²) in [6.07, 6.45) is 2.33. The number of nitrogens with zero attached hydrogens (tertiary/aromatic N) is 3. The summed E-state index contributed by atoms with van der Waals surface area (Å²) >= 11 is 0. The Morgan fingerprint density at radius 1 is 1.23 bits per heavy atom. The molecule has 6 nitrogen and oxygen atoms in total. The molecule has 22 heavy (non-hydrogen) atoms. The van der Waals surface area contributed by atoms with Crippen LogP contribution in [-0.2, 0) is 27.3 Å². The number of amides is 1. The largest absolute Gasteiger partial charge is 0.468 e. The van der Waals surface area contributed by atoms with E-state index in [0.29, 0.717) is 5.82 Å². The fraction of sp³-hybridized carbons (Fsp3) is 0.438. The molecular weight excluding hydrogens is 282 g/mol. The van der Waals surface area contributed by atoms with Gasteiger partial charge in [-0.2, -0.15) is 0 Å². The summed E-state index contributed by atoms with van der Waals surface area (Å²) in [5.41, 5.74) is 1.63. The number of fused-ring (bicyclic) bond motifs is 1. The van der Waals surface area contributed by atoms with Crippen LogP contribution in [-0.4, -0.2) is 46.5 Å². The van der Waals surface area contributed by atoms with Gasteiger partial charge in [-0.1, -0.05) is 12.1 Å². The van der Waals surface area contributed by atoms with E-state index in [1.54, 1.807) is 4.57 Å². The Labute approximate surface area is 128 Å². The number of methoxy groups -OCH3 is 1. The molecule has 3 rings (SSSR count). The molecule has 1 aromatic carbocycles. The molecule has 0 bridgehead atoms. The molecular formula is C16H19N3O3. The highest BCUT2D eigenvalue weighted by Crippen LogP contribution is 2.18. The lowest BCUT2D eigenvalue weighted by Gasteiger charge is -2.15. The maximum atomic E-state index is 12.4. The van der Waals surface area contributed by atoms with Gasteiger partial charge in [-0.15, -0.1) is 0 Å². The number of carbonyl (C=O) groups is 2. The van der Waals surface area contributed by atoms with Crippen LogP contribution in [0.15, 0.2) is 24.3 Å². The van der Waals surface area contributed by atoms with Crippen LogP contribution < -0.4 is 0 Å². The van der Waals surface area contributed by atoms with Gasteiger partial charge in [-0.05, 0) is 25.0 Å². The number of aromatic nitrogens is 2. The maximum absolute atomic E-state index is 12.4. The van der Waals surface area contributed by atoms with Crippen LogP contribution in [0.1, 0.15) is 18.7 Å². The number of benzene rings is 1. The summed E-state index contributed by atoms with van der Waals surface area (Å²) < 4.78 is 6.52. The summed E-state index contributed by atoms with van der Waals surface area (Å²) in [6, 6.07) is 7.57. The minimum atomic E-state index is -0.349. The first-order chi connectivity index (χ1) is 10.7. The van der Waals surface area contributed by atoms with Gasteiger partial charge in [0.15, 0.2) is 0 Å². The second-order valence-corrected chi connectivity index (χ2v) is 5.44. The number of esters is 1. The number of hydrogen-bond acceptors (Lipinski definition) is 4. The minimum absolute atomic E-state index is 0.0684. The highest BCUT2D eigenvalue weighted by atomic mass is 16.5. The molecule has 116 valence electrons. The zero-order valence-corrected chi connectivity index (χ0v) is 12.6. The number of rotatable bonds is 4. The first-order valence-corrected chi connectivity index (χ1v) is 7.48. The predicted molar refractivity (Wildman–Crippen MR) is 81.3 cm³/mol. The first kappa shape index (κ1) is 14.6. The van der Waals surface area contributed by atoms with Crippen molar-refractivity contribution >= 4 is 22.9 Å². The summed E-state index contributed by atoms with van der Waals surface area (Å²) in [6.45, 7) is 1.70. The second kappa shape index (κ2) is 6.17. The van der Waals surface area contributed by atoms with E-state index in [1.807, 2.05) is 29.2 Å². The van der Waals surface area contributed by atoms with Gasteiger partial charge in [-0.25, -0.2) is 4.98 Å². The Hall–Kier alpha value is -2.37. The van der Waals surface area contributed by atoms with Crippen molar-refractivity contribution in [2.75, 3.05) is 20.2 Å². The number of ether oxygens (including phenoxy) is 1. The van der Waals surface area contributed by atoms with Crippen molar-refractivity contribution in [1.82, 2.24) is 14.5 Å². The molecule has 2 heterocycles. The molecule has 0 spiro atoms. The summed E-state index contributed by atoms with van der Waals surface area (Å²) in [5.74, 6) is 0.334. The molecule has 1 amide bonds. The average Bonchev–Trinajstić information content (AvgIpc) is 3.16. The van der Waals surface area contributed by atoms with Crippen LogP contribution in [0, 0.1) is 0 Å². The van der Waals surface area contributed by atoms with Crippen molar-refractivity contribution in [3.8, 4) is 0 Å². The van der Waals surface area contributed by atoms with E-state index in [4.69, 9.17) is 4.74 Å². The molecule has 0 N–H and O–H groups in total. The number of likely N-dealkylation sites (tertiary alicyclic amines) is 1. The van der Waals surface area contributed by atoms with Gasteiger partial charge >= 0.3 is 5.97 Å². The monoisotopic (exact) mass is 301 g/mol. The Bertz CT molecular complexity index is 702. The third kappa shape index (κ3) is 2.81. The van der Waals surface area contributed by atoms with Crippen LogP contribution in [0.2, 0.25) is 0 Å². The molecule has 0 atom stereocenters. The van der Waals surface area contributed by atoms with E-state index in [9.17, 15) is 9.59 Å². The van der Waals surface area contributed by atoms with Crippen LogP contribution in [0.5, 0.6) is 0 Å². The fourth-order valence-electron chi connectivity index (χ4n) is 2.84. The maximum Gasteiger partial charge on any atom is 0.325 e. The smallest absolute Gasteiger partial charge is 0.325 e. The number of carbonyl (C=O) groups excluding carboxylic acids is 2. The molecule has 0 saturated carbocycles. The third-order valence-corrected chi connectivity index (χ3v) is 4.02. The average molecular weight is 301 g/mol. The Morgan fingerprint density at radius 3 is 2.68 bits per heavy atom. The Balaban J connectivity index is 1.91. The van der Waals surface area contributed by atoms with Crippen molar-refractivity contribution in [3.63, 3.8) is 0 Å². The van der Waals surface area contributed by atoms with E-state index in [-0.39, 0.29) is 24.8 Å². The zero-order valence-electron chi connectivity index (χ0n) is 12.6. The molecule has 0 radical (unpaired) electrons. The molecule has 1 aliphatic heterocycles. The van der Waals surface area contributed by atoms with Gasteiger partial charge in [0.2, 0.25) is 5.91 Å². The quantitative estimate of drug-likeness (QED) is 0.800. The van der Waals surface area contributed by atoms with Gasteiger partial charge in [0.05, 0.1) is 24.6 Å². The lowest BCUT2D eigenvalue weighted by molar-refractivity contribution is -0.141. The predicted octanol–water partition coefficient (Wildman–Crippen LogP) is 1.37. The van der Waals surface area contributed by atoms with Crippen molar-refractivity contribution in [3.05, 3.63) is 30.1 Å². The molecule has 6 heteroatoms. The third-order valence-electron chi connectivity index (χ3n) is 4.02. The Kier molecular flexibility index (Phi) is 4.09. The summed E-state index contributed by atoms with van der Waals surface area (Å²) in [5, 5.41) is 0. The summed E-state index contributed by atoms with van der Waals surface area (Å²) in [7, 11) is 1.36. The lowest BCUT2D eigenvalue weighted by Crippen LogP contribution is -2.30. The van der Waals surface area contributed by atoms with Gasteiger partial charge in [-0.3, -0.25) is 9.59 Å². The van der Waals surface area contributed by atoms with Crippen LogP contribution in [0.3, 0.4) is 0 Å². The van der Waals surface area contributed by atoms with Gasteiger partial charge in [0.25, 0.3) is 0 Å². The van der Waals surface area contributed by atoms with Crippen molar-refractivity contribution in [1.29, 1.82) is 0 Å². The van der Waals surface area contributed by atoms with Crippen molar-refractivity contribution < 1.29 is 14.3 Å². The van der Waals surface area contributed by atoms with Gasteiger partial charge in [0, 0.05) is 13.1 Å². The van der Waals surface area contributed by atoms with E-state index >= 15 is 0 Å². The number of imidazole rings is 1. The standard InChI is InChI=1S/C16H19N3O3/c1-22-16(21)11-19-13-7-3-2-6-12(13)17-14(19)10-15(20)18-8-4-5-9-18/h2-3,6-7H,4-5,8-11H2,1H3. The molecule has 1 aliphatic rings. The zero-order chi connectivity index (χ0) is 15.5. The van der Waals surface area contributed by atoms with Crippen LogP contribution >= 0.6 is 0 Å². The molecule has 1 aromatic heterocycles. The molecule has 1 fully saturated rings. The molecule has 1 saturated heterocycles. The van der Waals surface area contributed by atoms with E-state index in [0.717, 1.165) is 37.0 Å². The minimum Gasteiger partial charge on any atom is -0.468 e. The SMILES string of the molecule is COC(=O)Cn1c(CC(=O)N2CCCC2)nc2ccccc21. The normalized spacial score (nSPS) is 14.5. The topological polar surface area (TPSA) is 64.4 Å².